The van der Waals surface area contributed by atoms with Gasteiger partial charge in [0.05, 0.1) is 5.69 Å². The van der Waals surface area contributed by atoms with Crippen LogP contribution in [0.15, 0.2) is 18.5 Å². The van der Waals surface area contributed by atoms with Crippen molar-refractivity contribution in [1.82, 2.24) is 24.6 Å². The maximum Gasteiger partial charge on any atom is 0.139 e. The Morgan fingerprint density at radius 1 is 1.35 bits per heavy atom. The largest absolute Gasteiger partial charge is 0.314 e. The number of aryl methyl sites for hydroxylation is 1. The molecule has 0 aliphatic carbocycles. The molecular weight excluding hydrogens is 214 g/mol. The number of hydrogen-bond acceptors (Lipinski definition) is 4. The zero-order valence-electron chi connectivity index (χ0n) is 10.1. The van der Waals surface area contributed by atoms with Crippen LogP contribution in [0.3, 0.4) is 0 Å². The molecule has 5 heteroatoms. The highest BCUT2D eigenvalue weighted by Gasteiger charge is 2.12. The fourth-order valence-corrected chi connectivity index (χ4v) is 2.27. The van der Waals surface area contributed by atoms with Gasteiger partial charge in [0.1, 0.15) is 11.5 Å². The number of rotatable bonds is 2. The van der Waals surface area contributed by atoms with Crippen molar-refractivity contribution in [1.29, 1.82) is 0 Å². The molecule has 2 aromatic heterocycles. The minimum Gasteiger partial charge on any atom is -0.314 e. The highest BCUT2D eigenvalue weighted by Crippen LogP contribution is 2.09. The van der Waals surface area contributed by atoms with E-state index in [9.17, 15) is 0 Å². The van der Waals surface area contributed by atoms with Gasteiger partial charge in [0.15, 0.2) is 0 Å². The SMILES string of the molecule is Cc1nccc2nc(CN3CCNCC3)cn12. The van der Waals surface area contributed by atoms with Crippen LogP contribution in [-0.2, 0) is 6.54 Å². The minimum absolute atomic E-state index is 0.933. The van der Waals surface area contributed by atoms with Gasteiger partial charge in [-0.25, -0.2) is 9.97 Å². The van der Waals surface area contributed by atoms with E-state index in [0.29, 0.717) is 0 Å². The van der Waals surface area contributed by atoms with E-state index in [1.165, 1.54) is 0 Å². The molecule has 1 aliphatic rings. The second kappa shape index (κ2) is 4.43. The van der Waals surface area contributed by atoms with Gasteiger partial charge in [-0.05, 0) is 13.0 Å². The molecule has 1 fully saturated rings. The molecule has 1 aliphatic heterocycles. The predicted octanol–water partition coefficient (Wildman–Crippen LogP) is 0.443. The van der Waals surface area contributed by atoms with Crippen LogP contribution >= 0.6 is 0 Å². The molecular formula is C12H17N5. The zero-order valence-corrected chi connectivity index (χ0v) is 10.1. The maximum absolute atomic E-state index is 4.63. The van der Waals surface area contributed by atoms with E-state index in [4.69, 9.17) is 0 Å². The lowest BCUT2D eigenvalue weighted by Gasteiger charge is -2.26. The van der Waals surface area contributed by atoms with E-state index in [-0.39, 0.29) is 0 Å². The highest BCUT2D eigenvalue weighted by atomic mass is 15.2. The Hall–Kier alpha value is -1.46. The first-order valence-electron chi connectivity index (χ1n) is 6.05. The smallest absolute Gasteiger partial charge is 0.139 e. The topological polar surface area (TPSA) is 45.5 Å². The van der Waals surface area contributed by atoms with E-state index < -0.39 is 0 Å². The number of piperazine rings is 1. The van der Waals surface area contributed by atoms with Crippen LogP contribution in [0, 0.1) is 6.92 Å². The molecule has 1 N–H and O–H groups in total. The number of nitrogens with zero attached hydrogens (tertiary/aromatic N) is 4. The fourth-order valence-electron chi connectivity index (χ4n) is 2.27. The third kappa shape index (κ3) is 2.16. The van der Waals surface area contributed by atoms with Gasteiger partial charge in [0.25, 0.3) is 0 Å². The molecule has 3 heterocycles. The quantitative estimate of drug-likeness (QED) is 0.815. The summed E-state index contributed by atoms with van der Waals surface area (Å²) in [5.41, 5.74) is 2.12. The normalized spacial score (nSPS) is 17.7. The summed E-state index contributed by atoms with van der Waals surface area (Å²) in [6.45, 7) is 7.30. The number of fused-ring (bicyclic) bond motifs is 1. The van der Waals surface area contributed by atoms with Crippen molar-refractivity contribution in [2.45, 2.75) is 13.5 Å². The van der Waals surface area contributed by atoms with Crippen LogP contribution in [0.1, 0.15) is 11.5 Å². The van der Waals surface area contributed by atoms with Crippen LogP contribution in [-0.4, -0.2) is 45.4 Å². The molecule has 0 aromatic carbocycles. The van der Waals surface area contributed by atoms with Crippen LogP contribution < -0.4 is 5.32 Å². The van der Waals surface area contributed by atoms with Gasteiger partial charge in [0, 0.05) is 45.1 Å². The summed E-state index contributed by atoms with van der Waals surface area (Å²) in [5, 5.41) is 3.36. The molecule has 0 bridgehead atoms. The summed E-state index contributed by atoms with van der Waals surface area (Å²) in [7, 11) is 0. The second-order valence-electron chi connectivity index (χ2n) is 4.48. The van der Waals surface area contributed by atoms with Gasteiger partial charge in [-0.3, -0.25) is 9.30 Å². The van der Waals surface area contributed by atoms with Crippen molar-refractivity contribution in [3.63, 3.8) is 0 Å². The first-order chi connectivity index (χ1) is 8.33. The Labute approximate surface area is 100 Å². The Morgan fingerprint density at radius 3 is 2.94 bits per heavy atom. The Balaban J connectivity index is 1.83. The monoisotopic (exact) mass is 231 g/mol. The third-order valence-corrected chi connectivity index (χ3v) is 3.21. The average molecular weight is 231 g/mol. The van der Waals surface area contributed by atoms with Crippen molar-refractivity contribution in [3.05, 3.63) is 30.0 Å². The molecule has 90 valence electrons. The third-order valence-electron chi connectivity index (χ3n) is 3.21. The Kier molecular flexibility index (Phi) is 2.78. The van der Waals surface area contributed by atoms with Crippen molar-refractivity contribution in [3.8, 4) is 0 Å². The highest BCUT2D eigenvalue weighted by molar-refractivity contribution is 5.39. The molecule has 0 amide bonds. The number of nitrogens with one attached hydrogen (secondary N) is 1. The predicted molar refractivity (Wildman–Crippen MR) is 65.9 cm³/mol. The molecule has 0 radical (unpaired) electrons. The number of hydrogen-bond donors (Lipinski definition) is 1. The fraction of sp³-hybridized carbons (Fsp3) is 0.500. The molecule has 0 atom stereocenters. The van der Waals surface area contributed by atoms with Crippen LogP contribution in [0.5, 0.6) is 0 Å². The summed E-state index contributed by atoms with van der Waals surface area (Å²) in [5.74, 6) is 0.988. The van der Waals surface area contributed by atoms with Crippen molar-refractivity contribution in [2.75, 3.05) is 26.2 Å². The van der Waals surface area contributed by atoms with Gasteiger partial charge >= 0.3 is 0 Å². The lowest BCUT2D eigenvalue weighted by atomic mass is 10.3. The van der Waals surface area contributed by atoms with Crippen molar-refractivity contribution >= 4 is 5.65 Å². The molecule has 17 heavy (non-hydrogen) atoms. The Bertz CT molecular complexity index is 513. The maximum atomic E-state index is 4.63. The second-order valence-corrected chi connectivity index (χ2v) is 4.48. The molecule has 1 saturated heterocycles. The standard InChI is InChI=1S/C12H17N5/c1-10-14-3-2-12-15-11(9-17(10)12)8-16-6-4-13-5-7-16/h2-3,9,13H,4-8H2,1H3. The molecule has 0 spiro atoms. The molecule has 0 unspecified atom stereocenters. The zero-order chi connectivity index (χ0) is 11.7. The van der Waals surface area contributed by atoms with E-state index in [1.54, 1.807) is 0 Å². The summed E-state index contributed by atoms with van der Waals surface area (Å²) in [6.07, 6.45) is 3.91. The first-order valence-corrected chi connectivity index (χ1v) is 6.05. The Morgan fingerprint density at radius 2 is 2.18 bits per heavy atom. The van der Waals surface area contributed by atoms with E-state index in [0.717, 1.165) is 49.9 Å². The summed E-state index contributed by atoms with van der Waals surface area (Å²) >= 11 is 0. The molecule has 0 saturated carbocycles. The average Bonchev–Trinajstić information content (AvgIpc) is 2.74. The van der Waals surface area contributed by atoms with Crippen LogP contribution in [0.25, 0.3) is 5.65 Å². The summed E-state index contributed by atoms with van der Waals surface area (Å²) < 4.78 is 2.05. The van der Waals surface area contributed by atoms with E-state index in [2.05, 4.69) is 30.8 Å². The van der Waals surface area contributed by atoms with E-state index >= 15 is 0 Å². The summed E-state index contributed by atoms with van der Waals surface area (Å²) in [6, 6.07) is 1.95. The lowest BCUT2D eigenvalue weighted by molar-refractivity contribution is 0.231. The van der Waals surface area contributed by atoms with Crippen LogP contribution in [0.4, 0.5) is 0 Å². The number of aromatic nitrogens is 3. The number of imidazole rings is 1. The molecule has 2 aromatic rings. The van der Waals surface area contributed by atoms with Gasteiger partial charge in [-0.1, -0.05) is 0 Å². The first kappa shape index (κ1) is 10.7. The lowest BCUT2D eigenvalue weighted by Crippen LogP contribution is -2.42. The van der Waals surface area contributed by atoms with Gasteiger partial charge in [-0.2, -0.15) is 0 Å². The minimum atomic E-state index is 0.933. The van der Waals surface area contributed by atoms with Crippen LogP contribution in [0.2, 0.25) is 0 Å². The van der Waals surface area contributed by atoms with Crippen molar-refractivity contribution < 1.29 is 0 Å². The molecule has 3 rings (SSSR count). The van der Waals surface area contributed by atoms with E-state index in [1.807, 2.05) is 19.2 Å². The summed E-state index contributed by atoms with van der Waals surface area (Å²) in [4.78, 5) is 11.3. The van der Waals surface area contributed by atoms with Crippen molar-refractivity contribution in [2.24, 2.45) is 0 Å². The molecule has 5 nitrogen and oxygen atoms in total. The van der Waals surface area contributed by atoms with Gasteiger partial charge < -0.3 is 5.32 Å². The van der Waals surface area contributed by atoms with Gasteiger partial charge in [-0.15, -0.1) is 0 Å². The van der Waals surface area contributed by atoms with Gasteiger partial charge in [0.2, 0.25) is 0 Å².